The predicted octanol–water partition coefficient (Wildman–Crippen LogP) is 0.0872. The van der Waals surface area contributed by atoms with Crippen LogP contribution in [0.5, 0.6) is 0 Å². The lowest BCUT2D eigenvalue weighted by Crippen LogP contribution is -2.38. The molecule has 0 aliphatic heterocycles. The highest BCUT2D eigenvalue weighted by Crippen LogP contribution is 2.11. The molecule has 0 radical (unpaired) electrons. The van der Waals surface area contributed by atoms with Crippen LogP contribution in [0, 0.1) is 10.1 Å². The molecule has 0 fully saturated rings. The van der Waals surface area contributed by atoms with E-state index in [0.29, 0.717) is 13.2 Å². The number of rotatable bonds is 7. The third-order valence-electron chi connectivity index (χ3n) is 2.38. The Labute approximate surface area is 115 Å². The molecule has 0 aliphatic carbocycles. The highest BCUT2D eigenvalue weighted by atomic mass is 16.6. The van der Waals surface area contributed by atoms with Gasteiger partial charge in [0.2, 0.25) is 5.91 Å². The van der Waals surface area contributed by atoms with Crippen molar-refractivity contribution < 1.29 is 19.2 Å². The van der Waals surface area contributed by atoms with E-state index in [1.807, 2.05) is 0 Å². The fraction of sp³-hybridized carbons (Fsp3) is 0.333. The third-order valence-corrected chi connectivity index (χ3v) is 2.38. The van der Waals surface area contributed by atoms with E-state index in [9.17, 15) is 19.7 Å². The number of carbonyl (C=O) groups is 2. The van der Waals surface area contributed by atoms with Gasteiger partial charge in [0.1, 0.15) is 0 Å². The number of nitrogens with one attached hydrogen (secondary N) is 2. The second-order valence-electron chi connectivity index (χ2n) is 3.83. The van der Waals surface area contributed by atoms with Gasteiger partial charge in [0.25, 0.3) is 11.6 Å². The summed E-state index contributed by atoms with van der Waals surface area (Å²) in [5, 5.41) is 15.4. The van der Waals surface area contributed by atoms with Gasteiger partial charge >= 0.3 is 0 Å². The van der Waals surface area contributed by atoms with Crippen molar-refractivity contribution in [3.8, 4) is 0 Å². The minimum atomic E-state index is -0.551. The molecule has 0 aromatic heterocycles. The Hall–Kier alpha value is -2.48. The van der Waals surface area contributed by atoms with Crippen molar-refractivity contribution in [3.05, 3.63) is 39.9 Å². The molecule has 20 heavy (non-hydrogen) atoms. The lowest BCUT2D eigenvalue weighted by atomic mass is 10.2. The Kier molecular flexibility index (Phi) is 6.11. The van der Waals surface area contributed by atoms with Crippen molar-refractivity contribution >= 4 is 17.5 Å². The molecule has 0 bridgehead atoms. The summed E-state index contributed by atoms with van der Waals surface area (Å²) in [5.41, 5.74) is 0.152. The number of nitro groups is 1. The maximum absolute atomic E-state index is 11.7. The lowest BCUT2D eigenvalue weighted by Gasteiger charge is -2.06. The second kappa shape index (κ2) is 7.85. The minimum Gasteiger partial charge on any atom is -0.383 e. The van der Waals surface area contributed by atoms with Crippen molar-refractivity contribution in [3.63, 3.8) is 0 Å². The van der Waals surface area contributed by atoms with Gasteiger partial charge in [-0.3, -0.25) is 19.7 Å². The summed E-state index contributed by atoms with van der Waals surface area (Å²) in [6, 6.07) is 5.12. The first-order valence-corrected chi connectivity index (χ1v) is 5.83. The van der Waals surface area contributed by atoms with Crippen molar-refractivity contribution in [2.24, 2.45) is 0 Å². The molecule has 1 rings (SSSR count). The first-order valence-electron chi connectivity index (χ1n) is 5.83. The number of benzene rings is 1. The summed E-state index contributed by atoms with van der Waals surface area (Å²) in [5.74, 6) is -0.806. The van der Waals surface area contributed by atoms with Crippen molar-refractivity contribution in [1.82, 2.24) is 10.6 Å². The van der Waals surface area contributed by atoms with Gasteiger partial charge in [-0.05, 0) is 12.1 Å². The van der Waals surface area contributed by atoms with E-state index in [0.717, 1.165) is 0 Å². The topological polar surface area (TPSA) is 111 Å². The van der Waals surface area contributed by atoms with E-state index >= 15 is 0 Å². The molecule has 8 nitrogen and oxygen atoms in total. The zero-order chi connectivity index (χ0) is 15.0. The molecule has 0 spiro atoms. The maximum Gasteiger partial charge on any atom is 0.269 e. The molecule has 2 amide bonds. The van der Waals surface area contributed by atoms with Crippen LogP contribution in [0.3, 0.4) is 0 Å². The molecule has 0 aliphatic rings. The van der Waals surface area contributed by atoms with E-state index in [4.69, 9.17) is 4.74 Å². The number of nitrogens with zero attached hydrogens (tertiary/aromatic N) is 1. The summed E-state index contributed by atoms with van der Waals surface area (Å²) in [4.78, 5) is 32.9. The number of carbonyl (C=O) groups excluding carboxylic acids is 2. The predicted molar refractivity (Wildman–Crippen MR) is 70.3 cm³/mol. The lowest BCUT2D eigenvalue weighted by molar-refractivity contribution is -0.384. The molecule has 0 unspecified atom stereocenters. The molecule has 0 atom stereocenters. The number of nitro benzene ring substituents is 1. The highest BCUT2D eigenvalue weighted by molar-refractivity contribution is 5.96. The van der Waals surface area contributed by atoms with Crippen LogP contribution in [-0.2, 0) is 9.53 Å². The molecular formula is C12H15N3O5. The minimum absolute atomic E-state index is 0.0983. The molecular weight excluding hydrogens is 266 g/mol. The first-order chi connectivity index (χ1) is 9.54. The van der Waals surface area contributed by atoms with Crippen LogP contribution in [0.4, 0.5) is 5.69 Å². The highest BCUT2D eigenvalue weighted by Gasteiger charge is 2.10. The number of hydrogen-bond donors (Lipinski definition) is 2. The van der Waals surface area contributed by atoms with Crippen molar-refractivity contribution in [2.75, 3.05) is 26.8 Å². The normalized spacial score (nSPS) is 9.85. The largest absolute Gasteiger partial charge is 0.383 e. The smallest absolute Gasteiger partial charge is 0.269 e. The molecule has 8 heteroatoms. The molecule has 1 aromatic carbocycles. The fourth-order valence-corrected chi connectivity index (χ4v) is 1.35. The van der Waals surface area contributed by atoms with Crippen LogP contribution in [0.25, 0.3) is 0 Å². The second-order valence-corrected chi connectivity index (χ2v) is 3.83. The van der Waals surface area contributed by atoms with Gasteiger partial charge in [-0.2, -0.15) is 0 Å². The summed E-state index contributed by atoms with van der Waals surface area (Å²) in [7, 11) is 1.52. The zero-order valence-corrected chi connectivity index (χ0v) is 10.9. The Morgan fingerprint density at radius 2 is 1.90 bits per heavy atom. The monoisotopic (exact) mass is 281 g/mol. The van der Waals surface area contributed by atoms with Gasteiger partial charge in [-0.25, -0.2) is 0 Å². The molecule has 1 aromatic rings. The quantitative estimate of drug-likeness (QED) is 0.418. The number of ether oxygens (including phenoxy) is 1. The Morgan fingerprint density at radius 3 is 2.45 bits per heavy atom. The summed E-state index contributed by atoms with van der Waals surface area (Å²) >= 11 is 0. The van der Waals surface area contributed by atoms with Crippen molar-refractivity contribution in [2.45, 2.75) is 0 Å². The van der Waals surface area contributed by atoms with Gasteiger partial charge < -0.3 is 15.4 Å². The maximum atomic E-state index is 11.7. The summed E-state index contributed by atoms with van der Waals surface area (Å²) < 4.78 is 4.76. The SMILES string of the molecule is COCCNC(=O)CNC(=O)c1ccc([N+](=O)[O-])cc1. The first kappa shape index (κ1) is 15.6. The van der Waals surface area contributed by atoms with Gasteiger partial charge in [-0.1, -0.05) is 0 Å². The van der Waals surface area contributed by atoms with E-state index in [-0.39, 0.29) is 23.7 Å². The van der Waals surface area contributed by atoms with E-state index < -0.39 is 10.8 Å². The molecule has 0 saturated carbocycles. The van der Waals surface area contributed by atoms with Crippen LogP contribution >= 0.6 is 0 Å². The Balaban J connectivity index is 2.42. The zero-order valence-electron chi connectivity index (χ0n) is 10.9. The average Bonchev–Trinajstić information content (AvgIpc) is 2.45. The van der Waals surface area contributed by atoms with Gasteiger partial charge in [0, 0.05) is 31.4 Å². The fourth-order valence-electron chi connectivity index (χ4n) is 1.35. The molecule has 0 heterocycles. The summed E-state index contributed by atoms with van der Waals surface area (Å²) in [6.45, 7) is 0.588. The van der Waals surface area contributed by atoms with E-state index in [2.05, 4.69) is 10.6 Å². The van der Waals surface area contributed by atoms with E-state index in [1.54, 1.807) is 0 Å². The van der Waals surface area contributed by atoms with Gasteiger partial charge in [0.05, 0.1) is 18.1 Å². The Morgan fingerprint density at radius 1 is 1.25 bits per heavy atom. The van der Waals surface area contributed by atoms with Crippen LogP contribution in [0.15, 0.2) is 24.3 Å². The molecule has 0 saturated heterocycles. The molecule has 2 N–H and O–H groups in total. The average molecular weight is 281 g/mol. The van der Waals surface area contributed by atoms with Crippen LogP contribution < -0.4 is 10.6 Å². The summed E-state index contributed by atoms with van der Waals surface area (Å²) in [6.07, 6.45) is 0. The molecule has 108 valence electrons. The standard InChI is InChI=1S/C12H15N3O5/c1-20-7-6-13-11(16)8-14-12(17)9-2-4-10(5-3-9)15(18)19/h2-5H,6-8H2,1H3,(H,13,16)(H,14,17). The number of non-ortho nitro benzene ring substituents is 1. The Bertz CT molecular complexity index is 486. The number of hydrogen-bond acceptors (Lipinski definition) is 5. The van der Waals surface area contributed by atoms with Gasteiger partial charge in [-0.15, -0.1) is 0 Å². The van der Waals surface area contributed by atoms with Crippen LogP contribution in [0.1, 0.15) is 10.4 Å². The van der Waals surface area contributed by atoms with Crippen LogP contribution in [0.2, 0.25) is 0 Å². The number of amides is 2. The van der Waals surface area contributed by atoms with E-state index in [1.165, 1.54) is 31.4 Å². The third kappa shape index (κ3) is 5.02. The van der Waals surface area contributed by atoms with Crippen LogP contribution in [-0.4, -0.2) is 43.5 Å². The van der Waals surface area contributed by atoms with Gasteiger partial charge in [0.15, 0.2) is 0 Å². The number of methoxy groups -OCH3 is 1. The van der Waals surface area contributed by atoms with Crippen molar-refractivity contribution in [1.29, 1.82) is 0 Å².